The summed E-state index contributed by atoms with van der Waals surface area (Å²) in [6.45, 7) is 0. The summed E-state index contributed by atoms with van der Waals surface area (Å²) in [6, 6.07) is 14.3. The number of hydrogen-bond acceptors (Lipinski definition) is 4. The van der Waals surface area contributed by atoms with E-state index in [1.54, 1.807) is 12.1 Å². The van der Waals surface area contributed by atoms with Crippen LogP contribution in [0.1, 0.15) is 5.56 Å². The molecule has 0 atom stereocenters. The fourth-order valence-electron chi connectivity index (χ4n) is 2.14. The average molecular weight is 341 g/mol. The molecule has 2 aromatic carbocycles. The van der Waals surface area contributed by atoms with Crippen LogP contribution in [0.3, 0.4) is 0 Å². The summed E-state index contributed by atoms with van der Waals surface area (Å²) in [4.78, 5) is 18.7. The monoisotopic (exact) mass is 341 g/mol. The third kappa shape index (κ3) is 3.16. The van der Waals surface area contributed by atoms with E-state index in [1.165, 1.54) is 35.0 Å². The van der Waals surface area contributed by atoms with Crippen molar-refractivity contribution in [3.8, 4) is 11.6 Å². The lowest BCUT2D eigenvalue weighted by Crippen LogP contribution is -2.18. The molecule has 0 unspecified atom stereocenters. The van der Waals surface area contributed by atoms with Crippen LogP contribution < -0.4 is 5.56 Å². The van der Waals surface area contributed by atoms with Gasteiger partial charge < -0.3 is 5.11 Å². The Morgan fingerprint density at radius 1 is 1.12 bits per heavy atom. The molecule has 5 nitrogen and oxygen atoms in total. The maximum atomic E-state index is 13.1. The SMILES string of the molecule is O=c1[nH]c(=S)n(-c2ccc(F)cc2)c(O)c1C=Nc1ccccc1. The third-order valence-corrected chi connectivity index (χ3v) is 3.59. The highest BCUT2D eigenvalue weighted by Gasteiger charge is 2.12. The highest BCUT2D eigenvalue weighted by atomic mass is 32.1. The van der Waals surface area contributed by atoms with Crippen molar-refractivity contribution in [1.29, 1.82) is 0 Å². The molecule has 0 fully saturated rings. The summed E-state index contributed by atoms with van der Waals surface area (Å²) in [6.07, 6.45) is 1.26. The van der Waals surface area contributed by atoms with Crippen LogP contribution in [-0.2, 0) is 0 Å². The average Bonchev–Trinajstić information content (AvgIpc) is 2.57. The number of nitrogens with one attached hydrogen (secondary N) is 1. The van der Waals surface area contributed by atoms with Crippen molar-refractivity contribution in [2.75, 3.05) is 0 Å². The molecule has 0 radical (unpaired) electrons. The highest BCUT2D eigenvalue weighted by molar-refractivity contribution is 7.71. The molecule has 0 bridgehead atoms. The van der Waals surface area contributed by atoms with Crippen molar-refractivity contribution in [2.45, 2.75) is 0 Å². The topological polar surface area (TPSA) is 70.4 Å². The quantitative estimate of drug-likeness (QED) is 0.566. The number of aromatic nitrogens is 2. The number of halogens is 1. The summed E-state index contributed by atoms with van der Waals surface area (Å²) in [5, 5.41) is 10.4. The normalized spacial score (nSPS) is 11.0. The number of aliphatic imine (C=N–C) groups is 1. The minimum atomic E-state index is -0.560. The van der Waals surface area contributed by atoms with Crippen LogP contribution in [0.2, 0.25) is 0 Å². The van der Waals surface area contributed by atoms with Gasteiger partial charge in [0.05, 0.1) is 11.4 Å². The largest absolute Gasteiger partial charge is 0.494 e. The number of hydrogen-bond donors (Lipinski definition) is 2. The van der Waals surface area contributed by atoms with E-state index in [0.717, 1.165) is 0 Å². The van der Waals surface area contributed by atoms with Crippen molar-refractivity contribution in [3.05, 3.63) is 81.1 Å². The zero-order chi connectivity index (χ0) is 17.1. The number of H-pyrrole nitrogens is 1. The zero-order valence-electron chi connectivity index (χ0n) is 12.3. The number of nitrogens with zero attached hydrogens (tertiary/aromatic N) is 2. The predicted octanol–water partition coefficient (Wildman–Crippen LogP) is 3.49. The van der Waals surface area contributed by atoms with Gasteiger partial charge in [0.1, 0.15) is 11.4 Å². The molecule has 1 heterocycles. The Kier molecular flexibility index (Phi) is 4.35. The minimum absolute atomic E-state index is 0.000897. The molecule has 0 aliphatic heterocycles. The van der Waals surface area contributed by atoms with Gasteiger partial charge in [-0.2, -0.15) is 0 Å². The van der Waals surface area contributed by atoms with Crippen molar-refractivity contribution >= 4 is 24.1 Å². The maximum Gasteiger partial charge on any atom is 0.264 e. The Hall–Kier alpha value is -3.06. The van der Waals surface area contributed by atoms with Gasteiger partial charge in [-0.05, 0) is 48.6 Å². The van der Waals surface area contributed by atoms with Crippen LogP contribution in [0, 0.1) is 10.6 Å². The van der Waals surface area contributed by atoms with E-state index >= 15 is 0 Å². The number of aromatic amines is 1. The fraction of sp³-hybridized carbons (Fsp3) is 0. The van der Waals surface area contributed by atoms with Gasteiger partial charge in [-0.3, -0.25) is 19.3 Å². The molecule has 0 aliphatic rings. The third-order valence-electron chi connectivity index (χ3n) is 3.30. The molecule has 3 aromatic rings. The lowest BCUT2D eigenvalue weighted by molar-refractivity contribution is 0.432. The fourth-order valence-corrected chi connectivity index (χ4v) is 2.42. The van der Waals surface area contributed by atoms with Gasteiger partial charge in [0.2, 0.25) is 5.88 Å². The van der Waals surface area contributed by atoms with Crippen molar-refractivity contribution in [1.82, 2.24) is 9.55 Å². The first kappa shape index (κ1) is 15.8. The molecule has 0 spiro atoms. The van der Waals surface area contributed by atoms with E-state index in [0.29, 0.717) is 11.4 Å². The molecule has 120 valence electrons. The Morgan fingerprint density at radius 3 is 2.46 bits per heavy atom. The second kappa shape index (κ2) is 6.59. The number of rotatable bonds is 3. The van der Waals surface area contributed by atoms with E-state index in [2.05, 4.69) is 9.98 Å². The maximum absolute atomic E-state index is 13.1. The van der Waals surface area contributed by atoms with Crippen LogP contribution in [0.25, 0.3) is 5.69 Å². The molecule has 24 heavy (non-hydrogen) atoms. The molecule has 0 aliphatic carbocycles. The van der Waals surface area contributed by atoms with Crippen molar-refractivity contribution in [3.63, 3.8) is 0 Å². The van der Waals surface area contributed by atoms with Gasteiger partial charge in [-0.1, -0.05) is 18.2 Å². The number of benzene rings is 2. The molecular weight excluding hydrogens is 329 g/mol. The van der Waals surface area contributed by atoms with Gasteiger partial charge in [-0.25, -0.2) is 4.39 Å². The van der Waals surface area contributed by atoms with E-state index in [-0.39, 0.29) is 16.2 Å². The first-order valence-electron chi connectivity index (χ1n) is 6.99. The number of aromatic hydroxyl groups is 1. The van der Waals surface area contributed by atoms with Crippen molar-refractivity contribution in [2.24, 2.45) is 4.99 Å². The van der Waals surface area contributed by atoms with Crippen LogP contribution >= 0.6 is 12.2 Å². The Balaban J connectivity index is 2.13. The first-order valence-corrected chi connectivity index (χ1v) is 7.40. The Bertz CT molecular complexity index is 1010. The number of para-hydroxylation sites is 1. The first-order chi connectivity index (χ1) is 11.6. The van der Waals surface area contributed by atoms with Gasteiger partial charge >= 0.3 is 0 Å². The van der Waals surface area contributed by atoms with E-state index in [4.69, 9.17) is 12.2 Å². The molecule has 7 heteroatoms. The lowest BCUT2D eigenvalue weighted by atomic mass is 10.2. The standard InChI is InChI=1S/C17H12FN3O2S/c18-11-6-8-13(9-7-11)21-16(23)14(15(22)20-17(21)24)10-19-12-4-2-1-3-5-12/h1-10,23H,(H,20,22,24). The van der Waals surface area contributed by atoms with Gasteiger partial charge in [0.15, 0.2) is 4.77 Å². The summed E-state index contributed by atoms with van der Waals surface area (Å²) >= 11 is 5.09. The second-order valence-corrected chi connectivity index (χ2v) is 5.29. The van der Waals surface area contributed by atoms with Gasteiger partial charge in [-0.15, -0.1) is 0 Å². The highest BCUT2D eigenvalue weighted by Crippen LogP contribution is 2.19. The smallest absolute Gasteiger partial charge is 0.264 e. The molecule has 2 N–H and O–H groups in total. The van der Waals surface area contributed by atoms with Gasteiger partial charge in [0, 0.05) is 6.21 Å². The van der Waals surface area contributed by atoms with E-state index < -0.39 is 11.4 Å². The predicted molar refractivity (Wildman–Crippen MR) is 92.5 cm³/mol. The molecule has 1 aromatic heterocycles. The summed E-state index contributed by atoms with van der Waals surface area (Å²) < 4.78 is 14.3. The van der Waals surface area contributed by atoms with Crippen LogP contribution in [0.5, 0.6) is 5.88 Å². The minimum Gasteiger partial charge on any atom is -0.494 e. The van der Waals surface area contributed by atoms with Crippen LogP contribution in [0.15, 0.2) is 64.4 Å². The molecule has 3 rings (SSSR count). The van der Waals surface area contributed by atoms with Crippen LogP contribution in [-0.4, -0.2) is 20.9 Å². The lowest BCUT2D eigenvalue weighted by Gasteiger charge is -2.11. The molecule has 0 saturated heterocycles. The second-order valence-electron chi connectivity index (χ2n) is 4.90. The Labute approximate surface area is 141 Å². The molecular formula is C17H12FN3O2S. The molecule has 0 amide bonds. The summed E-state index contributed by atoms with van der Waals surface area (Å²) in [5.74, 6) is -0.782. The Morgan fingerprint density at radius 2 is 1.79 bits per heavy atom. The van der Waals surface area contributed by atoms with E-state index in [9.17, 15) is 14.3 Å². The van der Waals surface area contributed by atoms with E-state index in [1.807, 2.05) is 18.2 Å². The molecule has 0 saturated carbocycles. The van der Waals surface area contributed by atoms with Crippen molar-refractivity contribution < 1.29 is 9.50 Å². The zero-order valence-corrected chi connectivity index (χ0v) is 13.1. The summed E-state index contributed by atoms with van der Waals surface area (Å²) in [7, 11) is 0. The summed E-state index contributed by atoms with van der Waals surface area (Å²) in [5.41, 5.74) is 0.448. The van der Waals surface area contributed by atoms with Crippen LogP contribution in [0.4, 0.5) is 10.1 Å². The van der Waals surface area contributed by atoms with Gasteiger partial charge in [0.25, 0.3) is 5.56 Å².